The van der Waals surface area contributed by atoms with Gasteiger partial charge < -0.3 is 16.0 Å². The van der Waals surface area contributed by atoms with Crippen molar-refractivity contribution in [1.29, 1.82) is 0 Å². The van der Waals surface area contributed by atoms with Crippen LogP contribution in [0.3, 0.4) is 0 Å². The maximum Gasteiger partial charge on any atom is 0.225 e. The van der Waals surface area contributed by atoms with E-state index < -0.39 is 17.5 Å². The Kier molecular flexibility index (Phi) is 7.71. The highest BCUT2D eigenvalue weighted by atomic mass is 35.5. The highest BCUT2D eigenvalue weighted by molar-refractivity contribution is 5.98. The first-order chi connectivity index (χ1) is 8.93. The fourth-order valence-corrected chi connectivity index (χ4v) is 1.39. The molecular weight excluding hydrogens is 292 g/mol. The molecule has 0 aliphatic heterocycles. The second kappa shape index (κ2) is 8.44. The molecule has 0 saturated carbocycles. The summed E-state index contributed by atoms with van der Waals surface area (Å²) in [6, 6.07) is 1.66. The Balaban J connectivity index is 0.00000361. The summed E-state index contributed by atoms with van der Waals surface area (Å²) in [6.45, 7) is 1.68. The minimum atomic E-state index is -1.10. The van der Waals surface area contributed by atoms with E-state index in [9.17, 15) is 18.4 Å². The van der Waals surface area contributed by atoms with E-state index in [1.54, 1.807) is 7.05 Å². The van der Waals surface area contributed by atoms with Gasteiger partial charge in [0, 0.05) is 32.0 Å². The fraction of sp³-hybridized carbons (Fsp3) is 0.333. The van der Waals surface area contributed by atoms with Crippen molar-refractivity contribution in [3.63, 3.8) is 0 Å². The highest BCUT2D eigenvalue weighted by Gasteiger charge is 2.13. The molecule has 0 unspecified atom stereocenters. The highest BCUT2D eigenvalue weighted by Crippen LogP contribution is 2.25. The second-order valence-electron chi connectivity index (χ2n) is 3.89. The third-order valence-electron chi connectivity index (χ3n) is 2.25. The number of benzene rings is 1. The van der Waals surface area contributed by atoms with Gasteiger partial charge in [0.25, 0.3) is 0 Å². The van der Waals surface area contributed by atoms with Crippen molar-refractivity contribution in [3.05, 3.63) is 23.8 Å². The summed E-state index contributed by atoms with van der Waals surface area (Å²) in [6.07, 6.45) is 0.176. The van der Waals surface area contributed by atoms with Crippen LogP contribution in [0.4, 0.5) is 20.2 Å². The third-order valence-corrected chi connectivity index (χ3v) is 2.25. The first-order valence-electron chi connectivity index (χ1n) is 5.65. The Bertz CT molecular complexity index is 498. The van der Waals surface area contributed by atoms with Crippen LogP contribution in [0.5, 0.6) is 0 Å². The fourth-order valence-electron chi connectivity index (χ4n) is 1.39. The van der Waals surface area contributed by atoms with E-state index >= 15 is 0 Å². The monoisotopic (exact) mass is 307 g/mol. The van der Waals surface area contributed by atoms with Crippen molar-refractivity contribution in [2.45, 2.75) is 13.3 Å². The topological polar surface area (TPSA) is 70.2 Å². The molecule has 0 radical (unpaired) electrons. The molecule has 0 spiro atoms. The number of carbonyl (C=O) groups is 2. The second-order valence-corrected chi connectivity index (χ2v) is 3.89. The van der Waals surface area contributed by atoms with E-state index in [2.05, 4.69) is 16.0 Å². The molecule has 0 atom stereocenters. The molecule has 0 aromatic heterocycles. The molecule has 0 bridgehead atoms. The van der Waals surface area contributed by atoms with Crippen LogP contribution >= 0.6 is 12.4 Å². The Morgan fingerprint density at radius 3 is 2.05 bits per heavy atom. The minimum absolute atomic E-state index is 0. The van der Waals surface area contributed by atoms with Gasteiger partial charge >= 0.3 is 0 Å². The van der Waals surface area contributed by atoms with Gasteiger partial charge in [-0.25, -0.2) is 8.78 Å². The number of hydrogen-bond acceptors (Lipinski definition) is 3. The molecule has 1 aromatic carbocycles. The van der Waals surface area contributed by atoms with E-state index in [1.165, 1.54) is 6.92 Å². The summed E-state index contributed by atoms with van der Waals surface area (Å²) in [7, 11) is 1.69. The van der Waals surface area contributed by atoms with Gasteiger partial charge in [-0.3, -0.25) is 9.59 Å². The summed E-state index contributed by atoms with van der Waals surface area (Å²) in [5, 5.41) is 7.53. The van der Waals surface area contributed by atoms with Crippen LogP contribution in [-0.2, 0) is 9.59 Å². The predicted molar refractivity (Wildman–Crippen MR) is 75.1 cm³/mol. The van der Waals surface area contributed by atoms with Gasteiger partial charge in [0.15, 0.2) is 11.6 Å². The number of halogens is 3. The van der Waals surface area contributed by atoms with E-state index in [0.29, 0.717) is 6.54 Å². The van der Waals surface area contributed by atoms with Crippen LogP contribution in [0.2, 0.25) is 0 Å². The van der Waals surface area contributed by atoms with Crippen molar-refractivity contribution < 1.29 is 18.4 Å². The van der Waals surface area contributed by atoms with E-state index in [1.807, 2.05) is 0 Å². The van der Waals surface area contributed by atoms with Crippen LogP contribution < -0.4 is 16.0 Å². The lowest BCUT2D eigenvalue weighted by Gasteiger charge is -2.12. The maximum atomic E-state index is 13.1. The molecule has 0 heterocycles. The summed E-state index contributed by atoms with van der Waals surface area (Å²) in [5.74, 6) is -3.02. The lowest BCUT2D eigenvalue weighted by Crippen LogP contribution is -2.20. The van der Waals surface area contributed by atoms with Gasteiger partial charge in [-0.05, 0) is 7.05 Å². The number of carbonyl (C=O) groups excluding carboxylic acids is 2. The molecule has 112 valence electrons. The van der Waals surface area contributed by atoms with Gasteiger partial charge in [-0.2, -0.15) is 0 Å². The molecular formula is C12H16ClF2N3O2. The quantitative estimate of drug-likeness (QED) is 0.778. The Labute approximate surface area is 121 Å². The smallest absolute Gasteiger partial charge is 0.225 e. The standard InChI is InChI=1S/C12H15F2N3O2.ClH/c1-7(18)16-10-5-8(13)9(14)6-11(10)17-12(19)3-4-15-2;/h5-6,15H,3-4H2,1-2H3,(H,16,18)(H,17,19);1H. The van der Waals surface area contributed by atoms with Crippen LogP contribution in [0.15, 0.2) is 12.1 Å². The molecule has 0 aliphatic rings. The Hall–Kier alpha value is -1.73. The van der Waals surface area contributed by atoms with Crippen LogP contribution in [0.1, 0.15) is 13.3 Å². The summed E-state index contributed by atoms with van der Waals surface area (Å²) >= 11 is 0. The molecule has 1 rings (SSSR count). The molecule has 2 amide bonds. The van der Waals surface area contributed by atoms with Crippen LogP contribution in [0.25, 0.3) is 0 Å². The van der Waals surface area contributed by atoms with Gasteiger partial charge in [0.05, 0.1) is 11.4 Å². The average Bonchev–Trinajstić information content (AvgIpc) is 2.32. The van der Waals surface area contributed by atoms with E-state index in [4.69, 9.17) is 0 Å². The number of rotatable bonds is 5. The lowest BCUT2D eigenvalue weighted by molar-refractivity contribution is -0.116. The zero-order chi connectivity index (χ0) is 14.4. The molecule has 20 heavy (non-hydrogen) atoms. The Morgan fingerprint density at radius 2 is 1.60 bits per heavy atom. The molecule has 0 saturated heterocycles. The van der Waals surface area contributed by atoms with Crippen molar-refractivity contribution >= 4 is 35.6 Å². The van der Waals surface area contributed by atoms with E-state index in [0.717, 1.165) is 12.1 Å². The normalized spacial score (nSPS) is 9.60. The van der Waals surface area contributed by atoms with Crippen molar-refractivity contribution in [2.75, 3.05) is 24.2 Å². The summed E-state index contributed by atoms with van der Waals surface area (Å²) in [4.78, 5) is 22.5. The molecule has 0 fully saturated rings. The molecule has 0 aliphatic carbocycles. The number of nitrogens with one attached hydrogen (secondary N) is 3. The van der Waals surface area contributed by atoms with Gasteiger partial charge in [-0.1, -0.05) is 0 Å². The molecule has 8 heteroatoms. The molecule has 1 aromatic rings. The van der Waals surface area contributed by atoms with Crippen molar-refractivity contribution in [2.24, 2.45) is 0 Å². The van der Waals surface area contributed by atoms with Crippen LogP contribution in [0, 0.1) is 11.6 Å². The van der Waals surface area contributed by atoms with Crippen molar-refractivity contribution in [3.8, 4) is 0 Å². The first kappa shape index (κ1) is 18.3. The largest absolute Gasteiger partial charge is 0.324 e. The summed E-state index contributed by atoms with van der Waals surface area (Å²) < 4.78 is 26.2. The number of hydrogen-bond donors (Lipinski definition) is 3. The summed E-state index contributed by atoms with van der Waals surface area (Å²) in [5.41, 5.74) is 0.0411. The van der Waals surface area contributed by atoms with Crippen molar-refractivity contribution in [1.82, 2.24) is 5.32 Å². The zero-order valence-corrected chi connectivity index (χ0v) is 11.9. The van der Waals surface area contributed by atoms with Gasteiger partial charge in [-0.15, -0.1) is 12.4 Å². The zero-order valence-electron chi connectivity index (χ0n) is 11.0. The SMILES string of the molecule is CNCCC(=O)Nc1cc(F)c(F)cc1NC(C)=O.Cl. The van der Waals surface area contributed by atoms with E-state index in [-0.39, 0.29) is 36.1 Å². The predicted octanol–water partition coefficient (Wildman–Crippen LogP) is 1.89. The molecule has 5 nitrogen and oxygen atoms in total. The molecule has 3 N–H and O–H groups in total. The van der Waals surface area contributed by atoms with Crippen LogP contribution in [-0.4, -0.2) is 25.4 Å². The number of anilines is 2. The lowest BCUT2D eigenvalue weighted by atomic mass is 10.2. The number of amides is 2. The van der Waals surface area contributed by atoms with Gasteiger partial charge in [0.2, 0.25) is 11.8 Å². The van der Waals surface area contributed by atoms with Gasteiger partial charge in [0.1, 0.15) is 0 Å². The Morgan fingerprint density at radius 1 is 1.10 bits per heavy atom. The first-order valence-corrected chi connectivity index (χ1v) is 5.65. The average molecular weight is 308 g/mol. The third kappa shape index (κ3) is 5.50. The maximum absolute atomic E-state index is 13.1. The minimum Gasteiger partial charge on any atom is -0.324 e.